The maximum atomic E-state index is 12.7. The molecule has 0 radical (unpaired) electrons. The van der Waals surface area contributed by atoms with Gasteiger partial charge < -0.3 is 15.2 Å². The van der Waals surface area contributed by atoms with Gasteiger partial charge in [0.2, 0.25) is 0 Å². The van der Waals surface area contributed by atoms with E-state index in [1.807, 2.05) is 10.8 Å². The molecule has 0 spiro atoms. The van der Waals surface area contributed by atoms with Crippen LogP contribution in [0.15, 0.2) is 12.5 Å². The molecule has 5 heteroatoms. The van der Waals surface area contributed by atoms with Crippen LogP contribution in [0.25, 0.3) is 0 Å². The predicted octanol–water partition coefficient (Wildman–Crippen LogP) is 1.64. The molecule has 5 nitrogen and oxygen atoms in total. The Hall–Kier alpha value is -1.36. The van der Waals surface area contributed by atoms with E-state index in [0.717, 1.165) is 13.0 Å². The summed E-state index contributed by atoms with van der Waals surface area (Å²) in [5.41, 5.74) is 6.10. The molecule has 1 saturated carbocycles. The monoisotopic (exact) mass is 276 g/mol. The van der Waals surface area contributed by atoms with Gasteiger partial charge in [-0.1, -0.05) is 12.8 Å². The van der Waals surface area contributed by atoms with Gasteiger partial charge in [0.25, 0.3) is 5.91 Å². The predicted molar refractivity (Wildman–Crippen MR) is 77.3 cm³/mol. The SMILES string of the molecule is NCCn1cnc(C(=O)N2CCCC2C2CCCC2)c1. The Morgan fingerprint density at radius 1 is 1.30 bits per heavy atom. The lowest BCUT2D eigenvalue weighted by Gasteiger charge is -2.28. The Morgan fingerprint density at radius 3 is 2.85 bits per heavy atom. The van der Waals surface area contributed by atoms with Gasteiger partial charge in [0, 0.05) is 31.9 Å². The Bertz CT molecular complexity index is 464. The molecule has 2 heterocycles. The van der Waals surface area contributed by atoms with Crippen LogP contribution < -0.4 is 5.73 Å². The molecule has 1 aliphatic carbocycles. The Kier molecular flexibility index (Phi) is 4.05. The fourth-order valence-corrected chi connectivity index (χ4v) is 3.77. The normalized spacial score (nSPS) is 23.6. The highest BCUT2D eigenvalue weighted by Crippen LogP contribution is 2.35. The van der Waals surface area contributed by atoms with Crippen LogP contribution in [-0.4, -0.2) is 39.5 Å². The number of carbonyl (C=O) groups is 1. The van der Waals surface area contributed by atoms with E-state index in [9.17, 15) is 4.79 Å². The van der Waals surface area contributed by atoms with E-state index >= 15 is 0 Å². The van der Waals surface area contributed by atoms with Gasteiger partial charge in [-0.05, 0) is 31.6 Å². The van der Waals surface area contributed by atoms with Crippen molar-refractivity contribution >= 4 is 5.91 Å². The van der Waals surface area contributed by atoms with E-state index < -0.39 is 0 Å². The van der Waals surface area contributed by atoms with Gasteiger partial charge in [-0.2, -0.15) is 0 Å². The largest absolute Gasteiger partial charge is 0.335 e. The molecule has 0 aromatic carbocycles. The molecule has 2 N–H and O–H groups in total. The van der Waals surface area contributed by atoms with Gasteiger partial charge in [-0.3, -0.25) is 4.79 Å². The zero-order valence-corrected chi connectivity index (χ0v) is 12.0. The third-order valence-corrected chi connectivity index (χ3v) is 4.74. The third-order valence-electron chi connectivity index (χ3n) is 4.74. The number of hydrogen-bond acceptors (Lipinski definition) is 3. The van der Waals surface area contributed by atoms with Crippen molar-refractivity contribution < 1.29 is 4.79 Å². The number of carbonyl (C=O) groups excluding carboxylic acids is 1. The minimum Gasteiger partial charge on any atom is -0.335 e. The number of hydrogen-bond donors (Lipinski definition) is 1. The van der Waals surface area contributed by atoms with Gasteiger partial charge in [-0.15, -0.1) is 0 Å². The van der Waals surface area contributed by atoms with Crippen LogP contribution in [-0.2, 0) is 6.54 Å². The van der Waals surface area contributed by atoms with E-state index in [4.69, 9.17) is 5.73 Å². The summed E-state index contributed by atoms with van der Waals surface area (Å²) in [5.74, 6) is 0.822. The molecule has 110 valence electrons. The summed E-state index contributed by atoms with van der Waals surface area (Å²) < 4.78 is 1.90. The summed E-state index contributed by atoms with van der Waals surface area (Å²) in [6.45, 7) is 2.18. The summed E-state index contributed by atoms with van der Waals surface area (Å²) in [7, 11) is 0. The van der Waals surface area contributed by atoms with Gasteiger partial charge in [-0.25, -0.2) is 4.98 Å². The molecular weight excluding hydrogens is 252 g/mol. The summed E-state index contributed by atoms with van der Waals surface area (Å²) in [6, 6.07) is 0.449. The summed E-state index contributed by atoms with van der Waals surface area (Å²) in [6.07, 6.45) is 11.1. The van der Waals surface area contributed by atoms with Crippen LogP contribution in [0.3, 0.4) is 0 Å². The molecule has 20 heavy (non-hydrogen) atoms. The van der Waals surface area contributed by atoms with E-state index in [1.54, 1.807) is 6.33 Å². The van der Waals surface area contributed by atoms with E-state index in [0.29, 0.717) is 30.7 Å². The first-order valence-electron chi connectivity index (χ1n) is 7.82. The Morgan fingerprint density at radius 2 is 2.10 bits per heavy atom. The quantitative estimate of drug-likeness (QED) is 0.909. The maximum absolute atomic E-state index is 12.7. The van der Waals surface area contributed by atoms with Crippen molar-refractivity contribution in [2.45, 2.75) is 51.1 Å². The van der Waals surface area contributed by atoms with Crippen LogP contribution in [0.4, 0.5) is 0 Å². The van der Waals surface area contributed by atoms with Crippen molar-refractivity contribution in [1.29, 1.82) is 0 Å². The summed E-state index contributed by atoms with van der Waals surface area (Å²) >= 11 is 0. The molecule has 1 unspecified atom stereocenters. The highest BCUT2D eigenvalue weighted by molar-refractivity contribution is 5.92. The number of likely N-dealkylation sites (tertiary alicyclic amines) is 1. The summed E-state index contributed by atoms with van der Waals surface area (Å²) in [4.78, 5) is 19.0. The summed E-state index contributed by atoms with van der Waals surface area (Å²) in [5, 5.41) is 0. The molecule has 1 aromatic heterocycles. The van der Waals surface area contributed by atoms with E-state index in [-0.39, 0.29) is 5.91 Å². The van der Waals surface area contributed by atoms with Crippen LogP contribution in [0.1, 0.15) is 49.0 Å². The molecule has 3 rings (SSSR count). The number of nitrogens with zero attached hydrogens (tertiary/aromatic N) is 3. The fourth-order valence-electron chi connectivity index (χ4n) is 3.77. The van der Waals surface area contributed by atoms with E-state index in [2.05, 4.69) is 9.88 Å². The van der Waals surface area contributed by atoms with Gasteiger partial charge in [0.15, 0.2) is 0 Å². The lowest BCUT2D eigenvalue weighted by Crippen LogP contribution is -2.39. The number of aromatic nitrogens is 2. The Balaban J connectivity index is 1.71. The molecule has 2 fully saturated rings. The number of imidazole rings is 1. The fraction of sp³-hybridized carbons (Fsp3) is 0.733. The molecule has 0 bridgehead atoms. The second-order valence-corrected chi connectivity index (χ2v) is 6.04. The first-order chi connectivity index (χ1) is 9.79. The van der Waals surface area contributed by atoms with Crippen molar-refractivity contribution in [1.82, 2.24) is 14.5 Å². The molecule has 1 saturated heterocycles. The molecule has 2 aliphatic rings. The lowest BCUT2D eigenvalue weighted by molar-refractivity contribution is 0.0683. The minimum atomic E-state index is 0.107. The van der Waals surface area contributed by atoms with Crippen LogP contribution in [0, 0.1) is 5.92 Å². The number of amides is 1. The molecule has 1 aromatic rings. The topological polar surface area (TPSA) is 64.2 Å². The highest BCUT2D eigenvalue weighted by Gasteiger charge is 2.36. The first-order valence-corrected chi connectivity index (χ1v) is 7.82. The van der Waals surface area contributed by atoms with Crippen molar-refractivity contribution in [3.8, 4) is 0 Å². The second kappa shape index (κ2) is 5.95. The van der Waals surface area contributed by atoms with Crippen molar-refractivity contribution in [2.75, 3.05) is 13.1 Å². The molecule has 1 atom stereocenters. The molecular formula is C15H24N4O. The van der Waals surface area contributed by atoms with Crippen LogP contribution in [0.5, 0.6) is 0 Å². The van der Waals surface area contributed by atoms with Crippen LogP contribution in [0.2, 0.25) is 0 Å². The van der Waals surface area contributed by atoms with Crippen molar-refractivity contribution in [2.24, 2.45) is 11.7 Å². The third kappa shape index (κ3) is 2.59. The van der Waals surface area contributed by atoms with Crippen molar-refractivity contribution in [3.05, 3.63) is 18.2 Å². The second-order valence-electron chi connectivity index (χ2n) is 6.04. The Labute approximate surface area is 120 Å². The average molecular weight is 276 g/mol. The molecule has 1 amide bonds. The standard InChI is InChI=1S/C15H24N4O/c16-7-9-18-10-13(17-11-18)15(20)19-8-3-6-14(19)12-4-1-2-5-12/h10-12,14H,1-9,16H2. The van der Waals surface area contributed by atoms with E-state index in [1.165, 1.54) is 32.1 Å². The van der Waals surface area contributed by atoms with Gasteiger partial charge >= 0.3 is 0 Å². The first kappa shape index (κ1) is 13.6. The van der Waals surface area contributed by atoms with Crippen molar-refractivity contribution in [3.63, 3.8) is 0 Å². The van der Waals surface area contributed by atoms with Gasteiger partial charge in [0.1, 0.15) is 5.69 Å². The smallest absolute Gasteiger partial charge is 0.274 e. The average Bonchev–Trinajstić information content (AvgIpc) is 3.19. The maximum Gasteiger partial charge on any atom is 0.274 e. The highest BCUT2D eigenvalue weighted by atomic mass is 16.2. The number of rotatable bonds is 4. The van der Waals surface area contributed by atoms with Crippen LogP contribution >= 0.6 is 0 Å². The zero-order valence-electron chi connectivity index (χ0n) is 12.0. The molecule has 1 aliphatic heterocycles. The van der Waals surface area contributed by atoms with Gasteiger partial charge in [0.05, 0.1) is 6.33 Å². The minimum absolute atomic E-state index is 0.107. The number of nitrogens with two attached hydrogens (primary N) is 1. The zero-order chi connectivity index (χ0) is 13.9. The lowest BCUT2D eigenvalue weighted by atomic mass is 9.96.